The maximum absolute atomic E-state index is 12.3. The summed E-state index contributed by atoms with van der Waals surface area (Å²) in [5.41, 5.74) is 0.661. The van der Waals surface area contributed by atoms with Crippen molar-refractivity contribution in [3.8, 4) is 11.8 Å². The predicted molar refractivity (Wildman–Crippen MR) is 72.7 cm³/mol. The van der Waals surface area contributed by atoms with Crippen LogP contribution in [0.4, 0.5) is 0 Å². The van der Waals surface area contributed by atoms with E-state index in [2.05, 4.69) is 25.9 Å². The Balaban J connectivity index is 2.44. The number of carbonyl (C=O) groups excluding carboxylic acids is 1. The summed E-state index contributed by atoms with van der Waals surface area (Å²) in [7, 11) is 2.90. The van der Waals surface area contributed by atoms with Crippen molar-refractivity contribution in [2.24, 2.45) is 0 Å². The number of ketones is 1. The second-order valence-electron chi connectivity index (χ2n) is 3.61. The van der Waals surface area contributed by atoms with E-state index in [9.17, 15) is 4.79 Å². The van der Waals surface area contributed by atoms with Crippen molar-refractivity contribution < 1.29 is 14.3 Å². The molecule has 19 heavy (non-hydrogen) atoms. The molecule has 0 aliphatic heterocycles. The first-order valence-electron chi connectivity index (χ1n) is 5.41. The smallest absolute Gasteiger partial charge is 0.247 e. The summed E-state index contributed by atoms with van der Waals surface area (Å²) in [5, 5.41) is 0. The lowest BCUT2D eigenvalue weighted by Crippen LogP contribution is -2.08. The van der Waals surface area contributed by atoms with E-state index in [4.69, 9.17) is 9.47 Å². The Morgan fingerprint density at radius 3 is 2.68 bits per heavy atom. The standard InChI is InChI=1S/C13H11BrN2O3/c1-18-10-7-15-11(13(16-10)19-2)12(17)8-4-3-5-9(14)6-8/h3-7H,1-2H3. The van der Waals surface area contributed by atoms with Gasteiger partial charge >= 0.3 is 0 Å². The summed E-state index contributed by atoms with van der Waals surface area (Å²) in [5.74, 6) is 0.181. The molecule has 1 aromatic heterocycles. The highest BCUT2D eigenvalue weighted by Gasteiger charge is 2.18. The number of hydrogen-bond acceptors (Lipinski definition) is 5. The summed E-state index contributed by atoms with van der Waals surface area (Å²) in [4.78, 5) is 20.4. The van der Waals surface area contributed by atoms with Crippen molar-refractivity contribution in [3.05, 3.63) is 46.2 Å². The lowest BCUT2D eigenvalue weighted by atomic mass is 10.1. The van der Waals surface area contributed by atoms with Crippen LogP contribution in [0.25, 0.3) is 0 Å². The Morgan fingerprint density at radius 2 is 2.05 bits per heavy atom. The van der Waals surface area contributed by atoms with Crippen LogP contribution in [0.15, 0.2) is 34.9 Å². The molecule has 0 aliphatic carbocycles. The first-order valence-corrected chi connectivity index (χ1v) is 6.20. The summed E-state index contributed by atoms with van der Waals surface area (Å²) >= 11 is 3.32. The maximum atomic E-state index is 12.3. The fraction of sp³-hybridized carbons (Fsp3) is 0.154. The van der Waals surface area contributed by atoms with Crippen molar-refractivity contribution >= 4 is 21.7 Å². The van der Waals surface area contributed by atoms with Gasteiger partial charge in [0, 0.05) is 10.0 Å². The minimum Gasteiger partial charge on any atom is -0.480 e. The van der Waals surface area contributed by atoms with Crippen LogP contribution < -0.4 is 9.47 Å². The highest BCUT2D eigenvalue weighted by atomic mass is 79.9. The number of aromatic nitrogens is 2. The van der Waals surface area contributed by atoms with Crippen LogP contribution >= 0.6 is 15.9 Å². The van der Waals surface area contributed by atoms with Crippen LogP contribution in [0.1, 0.15) is 16.1 Å². The third-order valence-corrected chi connectivity index (χ3v) is 2.92. The Kier molecular flexibility index (Phi) is 4.11. The number of halogens is 1. The predicted octanol–water partition coefficient (Wildman–Crippen LogP) is 2.49. The van der Waals surface area contributed by atoms with Crippen LogP contribution in [0.5, 0.6) is 11.8 Å². The van der Waals surface area contributed by atoms with E-state index in [1.807, 2.05) is 6.07 Å². The van der Waals surface area contributed by atoms with Gasteiger partial charge in [-0.15, -0.1) is 0 Å². The number of hydrogen-bond donors (Lipinski definition) is 0. The van der Waals surface area contributed by atoms with Gasteiger partial charge in [-0.3, -0.25) is 4.79 Å². The van der Waals surface area contributed by atoms with Crippen molar-refractivity contribution in [3.63, 3.8) is 0 Å². The average Bonchev–Trinajstić information content (AvgIpc) is 2.45. The molecule has 5 nitrogen and oxygen atoms in total. The molecule has 0 amide bonds. The van der Waals surface area contributed by atoms with E-state index in [1.165, 1.54) is 20.4 Å². The first-order chi connectivity index (χ1) is 9.15. The van der Waals surface area contributed by atoms with Crippen LogP contribution in [0.2, 0.25) is 0 Å². The Bertz CT molecular complexity index is 617. The fourth-order valence-electron chi connectivity index (χ4n) is 1.52. The largest absolute Gasteiger partial charge is 0.480 e. The SMILES string of the molecule is COc1cnc(C(=O)c2cccc(Br)c2)c(OC)n1. The molecule has 0 fully saturated rings. The van der Waals surface area contributed by atoms with Gasteiger partial charge in [-0.1, -0.05) is 28.1 Å². The molecule has 1 heterocycles. The number of methoxy groups -OCH3 is 2. The highest BCUT2D eigenvalue weighted by Crippen LogP contribution is 2.21. The molecule has 1 aromatic carbocycles. The molecule has 0 saturated heterocycles. The summed E-state index contributed by atoms with van der Waals surface area (Å²) in [6, 6.07) is 7.04. The van der Waals surface area contributed by atoms with E-state index in [-0.39, 0.29) is 17.4 Å². The summed E-state index contributed by atoms with van der Waals surface area (Å²) < 4.78 is 10.8. The third-order valence-electron chi connectivity index (χ3n) is 2.42. The zero-order valence-corrected chi connectivity index (χ0v) is 12.0. The molecule has 0 unspecified atom stereocenters. The lowest BCUT2D eigenvalue weighted by molar-refractivity contribution is 0.103. The molecule has 2 aromatic rings. The van der Waals surface area contributed by atoms with E-state index < -0.39 is 0 Å². The molecular formula is C13H11BrN2O3. The molecule has 0 atom stereocenters. The molecule has 98 valence electrons. The monoisotopic (exact) mass is 322 g/mol. The van der Waals surface area contributed by atoms with Crippen LogP contribution in [0, 0.1) is 0 Å². The van der Waals surface area contributed by atoms with E-state index >= 15 is 0 Å². The molecule has 0 saturated carbocycles. The van der Waals surface area contributed by atoms with Gasteiger partial charge in [0.1, 0.15) is 0 Å². The number of ether oxygens (including phenoxy) is 2. The molecule has 0 radical (unpaired) electrons. The van der Waals surface area contributed by atoms with Crippen molar-refractivity contribution in [2.75, 3.05) is 14.2 Å². The molecule has 0 bridgehead atoms. The topological polar surface area (TPSA) is 61.3 Å². The maximum Gasteiger partial charge on any atom is 0.247 e. The van der Waals surface area contributed by atoms with Crippen LogP contribution in [-0.2, 0) is 0 Å². The van der Waals surface area contributed by atoms with Gasteiger partial charge in [0.15, 0.2) is 5.69 Å². The van der Waals surface area contributed by atoms with Gasteiger partial charge in [0.2, 0.25) is 17.5 Å². The van der Waals surface area contributed by atoms with Crippen molar-refractivity contribution in [2.45, 2.75) is 0 Å². The Hall–Kier alpha value is -1.95. The fourth-order valence-corrected chi connectivity index (χ4v) is 1.92. The number of rotatable bonds is 4. The van der Waals surface area contributed by atoms with Crippen LogP contribution in [-0.4, -0.2) is 30.0 Å². The Labute approximate surface area is 118 Å². The van der Waals surface area contributed by atoms with E-state index in [1.54, 1.807) is 18.2 Å². The molecule has 2 rings (SSSR count). The number of nitrogens with zero attached hydrogens (tertiary/aromatic N) is 2. The van der Waals surface area contributed by atoms with Gasteiger partial charge in [-0.2, -0.15) is 4.98 Å². The lowest BCUT2D eigenvalue weighted by Gasteiger charge is -2.07. The first kappa shape index (κ1) is 13.5. The minimum absolute atomic E-state index is 0.143. The van der Waals surface area contributed by atoms with Gasteiger partial charge in [0.05, 0.1) is 20.4 Å². The Morgan fingerprint density at radius 1 is 1.26 bits per heavy atom. The second-order valence-corrected chi connectivity index (χ2v) is 4.53. The molecule has 0 spiro atoms. The zero-order valence-electron chi connectivity index (χ0n) is 10.4. The highest BCUT2D eigenvalue weighted by molar-refractivity contribution is 9.10. The van der Waals surface area contributed by atoms with Crippen molar-refractivity contribution in [1.29, 1.82) is 0 Å². The van der Waals surface area contributed by atoms with Crippen LogP contribution in [0.3, 0.4) is 0 Å². The van der Waals surface area contributed by atoms with Gasteiger partial charge in [-0.25, -0.2) is 4.98 Å². The normalized spacial score (nSPS) is 10.1. The molecule has 6 heteroatoms. The summed E-state index contributed by atoms with van der Waals surface area (Å²) in [6.07, 6.45) is 1.38. The van der Waals surface area contributed by atoms with E-state index in [0.717, 1.165) is 4.47 Å². The van der Waals surface area contributed by atoms with Crippen molar-refractivity contribution in [1.82, 2.24) is 9.97 Å². The minimum atomic E-state index is -0.256. The van der Waals surface area contributed by atoms with E-state index in [0.29, 0.717) is 11.4 Å². The number of carbonyl (C=O) groups is 1. The summed E-state index contributed by atoms with van der Waals surface area (Å²) in [6.45, 7) is 0. The average molecular weight is 323 g/mol. The third kappa shape index (κ3) is 2.90. The number of benzene rings is 1. The molecule has 0 aliphatic rings. The van der Waals surface area contributed by atoms with Gasteiger partial charge in [-0.05, 0) is 12.1 Å². The second kappa shape index (κ2) is 5.79. The van der Waals surface area contributed by atoms with Gasteiger partial charge < -0.3 is 9.47 Å². The zero-order chi connectivity index (χ0) is 13.8. The molecular weight excluding hydrogens is 312 g/mol. The van der Waals surface area contributed by atoms with Gasteiger partial charge in [0.25, 0.3) is 0 Å². The molecule has 0 N–H and O–H groups in total. The quantitative estimate of drug-likeness (QED) is 0.809.